The van der Waals surface area contributed by atoms with E-state index in [0.29, 0.717) is 6.04 Å². The van der Waals surface area contributed by atoms with Crippen LogP contribution in [0.15, 0.2) is 24.3 Å². The SMILES string of the molecule is CNC(CCN(C)CC1CCOCC1)c1ccc(Cl)cc1. The molecular formula is C17H27ClN2O. The van der Waals surface area contributed by atoms with E-state index in [9.17, 15) is 0 Å². The van der Waals surface area contributed by atoms with Crippen LogP contribution in [0, 0.1) is 5.92 Å². The molecule has 0 aliphatic carbocycles. The normalized spacial score (nSPS) is 18.1. The second kappa shape index (κ2) is 8.74. The molecule has 1 aliphatic heterocycles. The van der Waals surface area contributed by atoms with Crippen molar-refractivity contribution >= 4 is 11.6 Å². The van der Waals surface area contributed by atoms with Gasteiger partial charge in [0, 0.05) is 30.8 Å². The van der Waals surface area contributed by atoms with E-state index >= 15 is 0 Å². The van der Waals surface area contributed by atoms with Gasteiger partial charge in [-0.1, -0.05) is 23.7 Å². The smallest absolute Gasteiger partial charge is 0.0469 e. The maximum atomic E-state index is 5.96. The van der Waals surface area contributed by atoms with Gasteiger partial charge in [-0.2, -0.15) is 0 Å². The van der Waals surface area contributed by atoms with Crippen molar-refractivity contribution in [3.63, 3.8) is 0 Å². The zero-order valence-corrected chi connectivity index (χ0v) is 13.9. The molecule has 1 unspecified atom stereocenters. The summed E-state index contributed by atoms with van der Waals surface area (Å²) >= 11 is 5.96. The van der Waals surface area contributed by atoms with Crippen LogP contribution in [-0.4, -0.2) is 45.3 Å². The number of nitrogens with zero attached hydrogens (tertiary/aromatic N) is 1. The number of nitrogens with one attached hydrogen (secondary N) is 1. The molecular weight excluding hydrogens is 284 g/mol. The summed E-state index contributed by atoms with van der Waals surface area (Å²) in [7, 11) is 4.25. The zero-order valence-electron chi connectivity index (χ0n) is 13.1. The molecule has 0 bridgehead atoms. The van der Waals surface area contributed by atoms with Gasteiger partial charge in [-0.3, -0.25) is 0 Å². The monoisotopic (exact) mass is 310 g/mol. The van der Waals surface area contributed by atoms with Crippen molar-refractivity contribution in [3.8, 4) is 0 Å². The van der Waals surface area contributed by atoms with Crippen LogP contribution in [-0.2, 0) is 4.74 Å². The van der Waals surface area contributed by atoms with Gasteiger partial charge < -0.3 is 15.0 Å². The zero-order chi connectivity index (χ0) is 15.1. The molecule has 1 saturated heterocycles. The Labute approximate surface area is 133 Å². The van der Waals surface area contributed by atoms with Crippen LogP contribution >= 0.6 is 11.6 Å². The first-order valence-electron chi connectivity index (χ1n) is 7.88. The lowest BCUT2D eigenvalue weighted by molar-refractivity contribution is 0.0553. The Morgan fingerprint density at radius 3 is 2.57 bits per heavy atom. The van der Waals surface area contributed by atoms with Crippen LogP contribution in [0.4, 0.5) is 0 Å². The van der Waals surface area contributed by atoms with E-state index in [0.717, 1.165) is 37.1 Å². The second-order valence-electron chi connectivity index (χ2n) is 6.00. The fraction of sp³-hybridized carbons (Fsp3) is 0.647. The minimum absolute atomic E-state index is 0.388. The molecule has 1 aliphatic rings. The average molecular weight is 311 g/mol. The number of rotatable bonds is 7. The molecule has 1 aromatic carbocycles. The highest BCUT2D eigenvalue weighted by Gasteiger charge is 2.16. The van der Waals surface area contributed by atoms with Gasteiger partial charge in [-0.15, -0.1) is 0 Å². The number of benzene rings is 1. The van der Waals surface area contributed by atoms with E-state index in [1.807, 2.05) is 19.2 Å². The Morgan fingerprint density at radius 1 is 1.29 bits per heavy atom. The lowest BCUT2D eigenvalue weighted by atomic mass is 9.99. The summed E-state index contributed by atoms with van der Waals surface area (Å²) in [5, 5.41) is 4.20. The van der Waals surface area contributed by atoms with Crippen molar-refractivity contribution in [2.75, 3.05) is 40.4 Å². The highest BCUT2D eigenvalue weighted by Crippen LogP contribution is 2.20. The topological polar surface area (TPSA) is 24.5 Å². The minimum Gasteiger partial charge on any atom is -0.381 e. The molecule has 1 heterocycles. The lowest BCUT2D eigenvalue weighted by Crippen LogP contribution is -2.32. The summed E-state index contributed by atoms with van der Waals surface area (Å²) in [5.41, 5.74) is 1.31. The molecule has 3 nitrogen and oxygen atoms in total. The molecule has 0 radical (unpaired) electrons. The third kappa shape index (κ3) is 5.59. The molecule has 1 aromatic rings. The number of hydrogen-bond acceptors (Lipinski definition) is 3. The summed E-state index contributed by atoms with van der Waals surface area (Å²) < 4.78 is 5.43. The highest BCUT2D eigenvalue weighted by molar-refractivity contribution is 6.30. The van der Waals surface area contributed by atoms with Crippen molar-refractivity contribution in [3.05, 3.63) is 34.9 Å². The van der Waals surface area contributed by atoms with Crippen molar-refractivity contribution < 1.29 is 4.74 Å². The molecule has 1 atom stereocenters. The predicted molar refractivity (Wildman–Crippen MR) is 88.9 cm³/mol. The number of hydrogen-bond donors (Lipinski definition) is 1. The summed E-state index contributed by atoms with van der Waals surface area (Å²) in [6.07, 6.45) is 3.52. The third-order valence-electron chi connectivity index (χ3n) is 4.33. The first-order valence-corrected chi connectivity index (χ1v) is 8.26. The van der Waals surface area contributed by atoms with Crippen molar-refractivity contribution in [1.82, 2.24) is 10.2 Å². The first-order chi connectivity index (χ1) is 10.2. The Kier molecular flexibility index (Phi) is 6.97. The van der Waals surface area contributed by atoms with Crippen LogP contribution in [0.25, 0.3) is 0 Å². The number of ether oxygens (including phenoxy) is 1. The molecule has 1 N–H and O–H groups in total. The van der Waals surface area contributed by atoms with Crippen LogP contribution in [0.2, 0.25) is 5.02 Å². The minimum atomic E-state index is 0.388. The van der Waals surface area contributed by atoms with Gasteiger partial charge in [0.2, 0.25) is 0 Å². The molecule has 4 heteroatoms. The molecule has 0 aromatic heterocycles. The van der Waals surface area contributed by atoms with Gasteiger partial charge in [0.1, 0.15) is 0 Å². The van der Waals surface area contributed by atoms with Crippen LogP contribution < -0.4 is 5.32 Å². The van der Waals surface area contributed by atoms with E-state index in [1.165, 1.54) is 24.9 Å². The van der Waals surface area contributed by atoms with E-state index in [2.05, 4.69) is 29.4 Å². The van der Waals surface area contributed by atoms with Crippen molar-refractivity contribution in [2.24, 2.45) is 5.92 Å². The summed E-state index contributed by atoms with van der Waals surface area (Å²) in [6, 6.07) is 8.54. The Morgan fingerprint density at radius 2 is 1.95 bits per heavy atom. The molecule has 0 saturated carbocycles. The molecule has 21 heavy (non-hydrogen) atoms. The fourth-order valence-corrected chi connectivity index (χ4v) is 3.11. The van der Waals surface area contributed by atoms with Gasteiger partial charge in [0.05, 0.1) is 0 Å². The number of halogens is 1. The summed E-state index contributed by atoms with van der Waals surface area (Å²) in [4.78, 5) is 2.45. The Balaban J connectivity index is 1.77. The summed E-state index contributed by atoms with van der Waals surface area (Å²) in [6.45, 7) is 4.15. The van der Waals surface area contributed by atoms with Gasteiger partial charge in [-0.25, -0.2) is 0 Å². The fourth-order valence-electron chi connectivity index (χ4n) is 2.98. The largest absolute Gasteiger partial charge is 0.381 e. The molecule has 2 rings (SSSR count). The van der Waals surface area contributed by atoms with Gasteiger partial charge in [0.25, 0.3) is 0 Å². The Hall–Kier alpha value is -0.610. The van der Waals surface area contributed by atoms with Crippen LogP contribution in [0.5, 0.6) is 0 Å². The van der Waals surface area contributed by atoms with Crippen LogP contribution in [0.3, 0.4) is 0 Å². The first kappa shape index (κ1) is 16.8. The predicted octanol–water partition coefficient (Wildman–Crippen LogP) is 3.35. The molecule has 0 spiro atoms. The molecule has 118 valence electrons. The maximum absolute atomic E-state index is 5.96. The van der Waals surface area contributed by atoms with Gasteiger partial charge in [-0.05, 0) is 63.5 Å². The van der Waals surface area contributed by atoms with Crippen LogP contribution in [0.1, 0.15) is 30.9 Å². The van der Waals surface area contributed by atoms with E-state index in [1.54, 1.807) is 0 Å². The molecule has 1 fully saturated rings. The quantitative estimate of drug-likeness (QED) is 0.836. The molecule has 0 amide bonds. The second-order valence-corrected chi connectivity index (χ2v) is 6.44. The standard InChI is InChI=1S/C17H27ClN2O/c1-19-17(15-3-5-16(18)6-4-15)7-10-20(2)13-14-8-11-21-12-9-14/h3-6,14,17,19H,7-13H2,1-2H3. The van der Waals surface area contributed by atoms with Crippen molar-refractivity contribution in [1.29, 1.82) is 0 Å². The van der Waals surface area contributed by atoms with E-state index < -0.39 is 0 Å². The van der Waals surface area contributed by atoms with Gasteiger partial charge in [0.15, 0.2) is 0 Å². The summed E-state index contributed by atoms with van der Waals surface area (Å²) in [5.74, 6) is 0.798. The van der Waals surface area contributed by atoms with E-state index in [4.69, 9.17) is 16.3 Å². The lowest BCUT2D eigenvalue weighted by Gasteiger charge is -2.28. The Bertz CT molecular complexity index is 404. The van der Waals surface area contributed by atoms with Crippen molar-refractivity contribution in [2.45, 2.75) is 25.3 Å². The maximum Gasteiger partial charge on any atom is 0.0469 e. The highest BCUT2D eigenvalue weighted by atomic mass is 35.5. The van der Waals surface area contributed by atoms with E-state index in [-0.39, 0.29) is 0 Å². The average Bonchev–Trinajstić information content (AvgIpc) is 2.50. The third-order valence-corrected chi connectivity index (χ3v) is 4.58. The van der Waals surface area contributed by atoms with Gasteiger partial charge >= 0.3 is 0 Å².